The maximum atomic E-state index is 13.0. The summed E-state index contributed by atoms with van der Waals surface area (Å²) in [6.45, 7) is 4.47. The zero-order valence-electron chi connectivity index (χ0n) is 15.9. The Bertz CT molecular complexity index is 764. The predicted octanol–water partition coefficient (Wildman–Crippen LogP) is 1.64. The van der Waals surface area contributed by atoms with Crippen LogP contribution >= 0.6 is 0 Å². The van der Waals surface area contributed by atoms with E-state index in [1.54, 1.807) is 21.9 Å². The summed E-state index contributed by atoms with van der Waals surface area (Å²) < 4.78 is 36.3. The molecule has 2 amide bonds. The molecule has 1 atom stereocenters. The van der Waals surface area contributed by atoms with Crippen LogP contribution < -0.4 is 0 Å². The summed E-state index contributed by atoms with van der Waals surface area (Å²) in [5.74, 6) is -0.419. The summed E-state index contributed by atoms with van der Waals surface area (Å²) in [7, 11) is -3.06. The highest BCUT2D eigenvalue weighted by molar-refractivity contribution is 7.91. The Morgan fingerprint density at radius 3 is 2.37 bits per heavy atom. The minimum atomic E-state index is -3.06. The van der Waals surface area contributed by atoms with Gasteiger partial charge in [0.15, 0.2) is 9.84 Å². The summed E-state index contributed by atoms with van der Waals surface area (Å²) >= 11 is 0. The number of benzene rings is 1. The summed E-state index contributed by atoms with van der Waals surface area (Å²) in [5.41, 5.74) is 0.917. The first-order chi connectivity index (χ1) is 12.7. The SMILES string of the molecule is CCN(C(=O)CCN(CCc1ccc(F)cc1)C(C)=O)C1CCS(=O)(=O)C1. The Morgan fingerprint density at radius 1 is 1.19 bits per heavy atom. The fraction of sp³-hybridized carbons (Fsp3) is 0.579. The molecule has 1 saturated heterocycles. The van der Waals surface area contributed by atoms with Crippen LogP contribution in [0.5, 0.6) is 0 Å². The Balaban J connectivity index is 1.89. The molecule has 1 unspecified atom stereocenters. The third kappa shape index (κ3) is 6.30. The summed E-state index contributed by atoms with van der Waals surface area (Å²) in [4.78, 5) is 27.6. The lowest BCUT2D eigenvalue weighted by Crippen LogP contribution is -2.43. The molecular weight excluding hydrogens is 371 g/mol. The van der Waals surface area contributed by atoms with Gasteiger partial charge in [-0.25, -0.2) is 12.8 Å². The van der Waals surface area contributed by atoms with Gasteiger partial charge in [-0.1, -0.05) is 12.1 Å². The molecule has 1 fully saturated rings. The quantitative estimate of drug-likeness (QED) is 0.667. The molecule has 2 rings (SSSR count). The molecule has 27 heavy (non-hydrogen) atoms. The minimum Gasteiger partial charge on any atom is -0.342 e. The number of amides is 2. The molecule has 1 aliphatic heterocycles. The van der Waals surface area contributed by atoms with Crippen LogP contribution in [0.4, 0.5) is 4.39 Å². The van der Waals surface area contributed by atoms with Crippen molar-refractivity contribution in [3.05, 3.63) is 35.6 Å². The van der Waals surface area contributed by atoms with Crippen LogP contribution in [-0.2, 0) is 25.8 Å². The van der Waals surface area contributed by atoms with Crippen molar-refractivity contribution < 1.29 is 22.4 Å². The Kier molecular flexibility index (Phi) is 7.35. The highest BCUT2D eigenvalue weighted by atomic mass is 32.2. The van der Waals surface area contributed by atoms with E-state index in [1.165, 1.54) is 19.1 Å². The van der Waals surface area contributed by atoms with Gasteiger partial charge in [-0.3, -0.25) is 9.59 Å². The number of sulfone groups is 1. The molecule has 0 bridgehead atoms. The third-order valence-electron chi connectivity index (χ3n) is 4.93. The predicted molar refractivity (Wildman–Crippen MR) is 101 cm³/mol. The van der Waals surface area contributed by atoms with Gasteiger partial charge in [-0.2, -0.15) is 0 Å². The van der Waals surface area contributed by atoms with Crippen molar-refractivity contribution in [1.29, 1.82) is 0 Å². The molecule has 6 nitrogen and oxygen atoms in total. The van der Waals surface area contributed by atoms with Gasteiger partial charge in [0.05, 0.1) is 11.5 Å². The van der Waals surface area contributed by atoms with Crippen LogP contribution in [0, 0.1) is 5.82 Å². The molecule has 1 aromatic carbocycles. The first-order valence-corrected chi connectivity index (χ1v) is 11.0. The molecule has 1 aliphatic rings. The Morgan fingerprint density at radius 2 is 1.85 bits per heavy atom. The van der Waals surface area contributed by atoms with Crippen molar-refractivity contribution >= 4 is 21.7 Å². The van der Waals surface area contributed by atoms with E-state index in [4.69, 9.17) is 0 Å². The van der Waals surface area contributed by atoms with E-state index >= 15 is 0 Å². The molecular formula is C19H27FN2O4S. The number of hydrogen-bond acceptors (Lipinski definition) is 4. The zero-order chi connectivity index (χ0) is 20.0. The number of carbonyl (C=O) groups is 2. The molecule has 0 radical (unpaired) electrons. The second kappa shape index (κ2) is 9.30. The molecule has 0 spiro atoms. The van der Waals surface area contributed by atoms with Crippen molar-refractivity contribution in [1.82, 2.24) is 9.80 Å². The largest absolute Gasteiger partial charge is 0.342 e. The number of nitrogens with zero attached hydrogens (tertiary/aromatic N) is 2. The lowest BCUT2D eigenvalue weighted by Gasteiger charge is -2.28. The average Bonchev–Trinajstić information content (AvgIpc) is 2.96. The minimum absolute atomic E-state index is 0.0214. The number of carbonyl (C=O) groups excluding carboxylic acids is 2. The second-order valence-corrected chi connectivity index (χ2v) is 9.10. The molecule has 8 heteroatoms. The van der Waals surface area contributed by atoms with Gasteiger partial charge in [0.1, 0.15) is 5.82 Å². The standard InChI is InChI=1S/C19H27FN2O4S/c1-3-22(18-10-13-27(25,26)14-18)19(24)9-12-21(15(2)23)11-8-16-4-6-17(20)7-5-16/h4-7,18H,3,8-14H2,1-2H3. The topological polar surface area (TPSA) is 74.8 Å². The van der Waals surface area contributed by atoms with Gasteiger partial charge in [-0.15, -0.1) is 0 Å². The van der Waals surface area contributed by atoms with E-state index in [9.17, 15) is 22.4 Å². The Labute approximate surface area is 160 Å². The van der Waals surface area contributed by atoms with Crippen LogP contribution in [0.25, 0.3) is 0 Å². The lowest BCUT2D eigenvalue weighted by atomic mass is 10.1. The van der Waals surface area contributed by atoms with Crippen molar-refractivity contribution in [2.24, 2.45) is 0 Å². The van der Waals surface area contributed by atoms with Gasteiger partial charge < -0.3 is 9.80 Å². The third-order valence-corrected chi connectivity index (χ3v) is 6.69. The van der Waals surface area contributed by atoms with Crippen molar-refractivity contribution in [3.8, 4) is 0 Å². The maximum absolute atomic E-state index is 13.0. The highest BCUT2D eigenvalue weighted by Crippen LogP contribution is 2.18. The highest BCUT2D eigenvalue weighted by Gasteiger charge is 2.33. The van der Waals surface area contributed by atoms with Gasteiger partial charge in [0.2, 0.25) is 11.8 Å². The van der Waals surface area contributed by atoms with Crippen LogP contribution in [-0.4, -0.2) is 67.2 Å². The summed E-state index contributed by atoms with van der Waals surface area (Å²) in [5, 5.41) is 0. The number of hydrogen-bond donors (Lipinski definition) is 0. The van der Waals surface area contributed by atoms with Crippen molar-refractivity contribution in [2.75, 3.05) is 31.1 Å². The fourth-order valence-corrected chi connectivity index (χ4v) is 5.11. The smallest absolute Gasteiger partial charge is 0.224 e. The van der Waals surface area contributed by atoms with Gasteiger partial charge in [0.25, 0.3) is 0 Å². The Hall–Kier alpha value is -1.96. The van der Waals surface area contributed by atoms with E-state index < -0.39 is 9.84 Å². The van der Waals surface area contributed by atoms with Crippen LogP contribution in [0.3, 0.4) is 0 Å². The van der Waals surface area contributed by atoms with E-state index in [-0.39, 0.29) is 48.1 Å². The van der Waals surface area contributed by atoms with Crippen LogP contribution in [0.15, 0.2) is 24.3 Å². The zero-order valence-corrected chi connectivity index (χ0v) is 16.7. The monoisotopic (exact) mass is 398 g/mol. The molecule has 0 N–H and O–H groups in total. The molecule has 150 valence electrons. The number of halogens is 1. The van der Waals surface area contributed by atoms with E-state index in [1.807, 2.05) is 6.92 Å². The normalized spacial score (nSPS) is 18.3. The number of rotatable bonds is 8. The fourth-order valence-electron chi connectivity index (χ4n) is 3.38. The van der Waals surface area contributed by atoms with Crippen molar-refractivity contribution in [2.45, 2.75) is 39.2 Å². The first-order valence-electron chi connectivity index (χ1n) is 9.21. The molecule has 0 aromatic heterocycles. The molecule has 1 aromatic rings. The van der Waals surface area contributed by atoms with Gasteiger partial charge >= 0.3 is 0 Å². The van der Waals surface area contributed by atoms with Gasteiger partial charge in [-0.05, 0) is 37.5 Å². The molecule has 0 saturated carbocycles. The van der Waals surface area contributed by atoms with E-state index in [0.29, 0.717) is 25.9 Å². The van der Waals surface area contributed by atoms with Gasteiger partial charge in [0, 0.05) is 39.0 Å². The molecule has 0 aliphatic carbocycles. The second-order valence-electron chi connectivity index (χ2n) is 6.87. The first kappa shape index (κ1) is 21.3. The van der Waals surface area contributed by atoms with E-state index in [0.717, 1.165) is 5.56 Å². The summed E-state index contributed by atoms with van der Waals surface area (Å²) in [6, 6.07) is 5.85. The van der Waals surface area contributed by atoms with E-state index in [2.05, 4.69) is 0 Å². The summed E-state index contributed by atoms with van der Waals surface area (Å²) in [6.07, 6.45) is 1.21. The van der Waals surface area contributed by atoms with Crippen LogP contribution in [0.2, 0.25) is 0 Å². The van der Waals surface area contributed by atoms with Crippen molar-refractivity contribution in [3.63, 3.8) is 0 Å². The maximum Gasteiger partial charge on any atom is 0.224 e. The average molecular weight is 399 g/mol. The lowest BCUT2D eigenvalue weighted by molar-refractivity contribution is -0.134. The van der Waals surface area contributed by atoms with Crippen LogP contribution in [0.1, 0.15) is 32.3 Å². The molecule has 1 heterocycles.